The molecule has 184 valence electrons. The van der Waals surface area contributed by atoms with Crippen LogP contribution >= 0.6 is 11.6 Å². The van der Waals surface area contributed by atoms with E-state index in [1.165, 1.54) is 36.4 Å². The average molecular weight is 508 g/mol. The number of carboxylic acids is 1. The van der Waals surface area contributed by atoms with E-state index in [1.807, 2.05) is 12.1 Å². The van der Waals surface area contributed by atoms with Gasteiger partial charge in [-0.3, -0.25) is 14.2 Å². The molecule has 0 saturated carbocycles. The first kappa shape index (κ1) is 24.7. The van der Waals surface area contributed by atoms with E-state index >= 15 is 0 Å². The summed E-state index contributed by atoms with van der Waals surface area (Å²) in [6.45, 7) is 1.90. The Kier molecular flexibility index (Phi) is 6.93. The highest BCUT2D eigenvalue weighted by molar-refractivity contribution is 6.33. The Hall–Kier alpha value is -4.37. The van der Waals surface area contributed by atoms with Crippen LogP contribution in [0, 0.1) is 0 Å². The van der Waals surface area contributed by atoms with Crippen molar-refractivity contribution in [3.05, 3.63) is 109 Å². The Balaban J connectivity index is 1.64. The number of hydrogen-bond acceptors (Lipinski definition) is 5. The molecule has 0 aliphatic heterocycles. The third-order valence-corrected chi connectivity index (χ3v) is 6.21. The number of aromatic amines is 1. The number of benzene rings is 3. The van der Waals surface area contributed by atoms with Gasteiger partial charge in [0.05, 0.1) is 34.6 Å². The van der Waals surface area contributed by atoms with Crippen molar-refractivity contribution < 1.29 is 19.4 Å². The summed E-state index contributed by atoms with van der Waals surface area (Å²) in [5.74, 6) is -0.856. The zero-order chi connectivity index (χ0) is 26.0. The lowest BCUT2D eigenvalue weighted by atomic mass is 10.1. The van der Waals surface area contributed by atoms with Gasteiger partial charge in [-0.05, 0) is 60.5 Å². The maximum atomic E-state index is 13.3. The molecule has 4 aromatic rings. The first-order chi connectivity index (χ1) is 17.2. The van der Waals surface area contributed by atoms with Crippen molar-refractivity contribution in [2.75, 3.05) is 7.11 Å². The van der Waals surface area contributed by atoms with Crippen molar-refractivity contribution in [3.63, 3.8) is 0 Å². The molecule has 36 heavy (non-hydrogen) atoms. The Bertz CT molecular complexity index is 1590. The number of rotatable bonds is 7. The zero-order valence-electron chi connectivity index (χ0n) is 19.4. The first-order valence-corrected chi connectivity index (χ1v) is 11.3. The summed E-state index contributed by atoms with van der Waals surface area (Å²) in [5, 5.41) is 12.1. The summed E-state index contributed by atoms with van der Waals surface area (Å²) in [6, 6.07) is 15.2. The largest absolute Gasteiger partial charge is 0.497 e. The maximum absolute atomic E-state index is 13.3. The minimum Gasteiger partial charge on any atom is -0.497 e. The lowest BCUT2D eigenvalue weighted by Gasteiger charge is -2.16. The summed E-state index contributed by atoms with van der Waals surface area (Å²) in [5.41, 5.74) is 0.577. The summed E-state index contributed by atoms with van der Waals surface area (Å²) in [6.07, 6.45) is 0. The molecule has 0 aliphatic rings. The van der Waals surface area contributed by atoms with Crippen LogP contribution in [0.15, 0.2) is 70.3 Å². The van der Waals surface area contributed by atoms with Crippen LogP contribution in [0.25, 0.3) is 10.9 Å². The number of ether oxygens (including phenoxy) is 1. The van der Waals surface area contributed by atoms with E-state index in [0.29, 0.717) is 16.8 Å². The number of hydrogen-bond donors (Lipinski definition) is 3. The summed E-state index contributed by atoms with van der Waals surface area (Å²) in [7, 11) is 1.57. The van der Waals surface area contributed by atoms with Crippen LogP contribution in [-0.2, 0) is 6.54 Å². The number of carbonyl (C=O) groups is 2. The monoisotopic (exact) mass is 507 g/mol. The Morgan fingerprint density at radius 3 is 2.44 bits per heavy atom. The van der Waals surface area contributed by atoms with Gasteiger partial charge < -0.3 is 20.1 Å². The van der Waals surface area contributed by atoms with Crippen LogP contribution < -0.4 is 21.3 Å². The molecule has 0 saturated heterocycles. The molecule has 1 atom stereocenters. The summed E-state index contributed by atoms with van der Waals surface area (Å²) in [4.78, 5) is 52.7. The van der Waals surface area contributed by atoms with Crippen LogP contribution in [0.2, 0.25) is 5.02 Å². The van der Waals surface area contributed by atoms with E-state index in [4.69, 9.17) is 16.3 Å². The Morgan fingerprint density at radius 2 is 1.81 bits per heavy atom. The highest BCUT2D eigenvalue weighted by Crippen LogP contribution is 2.23. The van der Waals surface area contributed by atoms with Crippen molar-refractivity contribution >= 4 is 34.4 Å². The number of fused-ring (bicyclic) bond motifs is 1. The second-order valence-electron chi connectivity index (χ2n) is 8.12. The molecular formula is C26H22ClN3O6. The number of nitrogens with one attached hydrogen (secondary N) is 2. The molecule has 1 aromatic heterocycles. The highest BCUT2D eigenvalue weighted by atomic mass is 35.5. The van der Waals surface area contributed by atoms with Crippen LogP contribution in [-0.4, -0.2) is 33.6 Å². The molecule has 0 aliphatic carbocycles. The van der Waals surface area contributed by atoms with Crippen LogP contribution in [0.1, 0.15) is 44.8 Å². The van der Waals surface area contributed by atoms with Gasteiger partial charge in [-0.2, -0.15) is 0 Å². The van der Waals surface area contributed by atoms with Crippen LogP contribution in [0.5, 0.6) is 5.75 Å². The van der Waals surface area contributed by atoms with Crippen LogP contribution in [0.4, 0.5) is 0 Å². The van der Waals surface area contributed by atoms with Gasteiger partial charge in [0.1, 0.15) is 5.75 Å². The fraction of sp³-hybridized carbons (Fsp3) is 0.154. The quantitative estimate of drug-likeness (QED) is 0.350. The van der Waals surface area contributed by atoms with E-state index < -0.39 is 23.3 Å². The van der Waals surface area contributed by atoms with Gasteiger partial charge in [0.2, 0.25) is 0 Å². The number of carboxylic acid groups (broad SMARTS) is 1. The van der Waals surface area contributed by atoms with Gasteiger partial charge in [-0.15, -0.1) is 0 Å². The molecule has 0 bridgehead atoms. The SMILES string of the molecule is COc1ccc(CNC(=O)c2ccc3[nH]c(=O)n(C(C)c4ccc(C(=O)O)c(Cl)c4)c(=O)c3c2)cc1. The van der Waals surface area contributed by atoms with Gasteiger partial charge in [-0.25, -0.2) is 9.59 Å². The second kappa shape index (κ2) is 10.1. The molecule has 4 rings (SSSR count). The number of H-pyrrole nitrogens is 1. The first-order valence-electron chi connectivity index (χ1n) is 10.9. The molecule has 1 unspecified atom stereocenters. The van der Waals surface area contributed by atoms with E-state index in [9.17, 15) is 24.3 Å². The van der Waals surface area contributed by atoms with Crippen molar-refractivity contribution in [1.82, 2.24) is 14.9 Å². The predicted molar refractivity (Wildman–Crippen MR) is 135 cm³/mol. The third kappa shape index (κ3) is 4.87. The van der Waals surface area contributed by atoms with Crippen LogP contribution in [0.3, 0.4) is 0 Å². The molecule has 10 heteroatoms. The molecular weight excluding hydrogens is 486 g/mol. The maximum Gasteiger partial charge on any atom is 0.337 e. The van der Waals surface area contributed by atoms with E-state index in [1.54, 1.807) is 26.2 Å². The van der Waals surface area contributed by atoms with Gasteiger partial charge in [0, 0.05) is 12.1 Å². The lowest BCUT2D eigenvalue weighted by Crippen LogP contribution is -2.37. The minimum absolute atomic E-state index is 0.00654. The van der Waals surface area contributed by atoms with Gasteiger partial charge >= 0.3 is 11.7 Å². The van der Waals surface area contributed by atoms with Crippen molar-refractivity contribution in [2.24, 2.45) is 0 Å². The van der Waals surface area contributed by atoms with Gasteiger partial charge in [0.25, 0.3) is 11.5 Å². The standard InChI is InChI=1S/C26H22ClN3O6/c1-14(16-5-9-19(25(33)34)21(27)12-16)30-24(32)20-11-17(6-10-22(20)29-26(30)35)23(31)28-13-15-3-7-18(36-2)8-4-15/h3-12,14H,13H2,1-2H3,(H,28,31)(H,29,35)(H,33,34). The Morgan fingerprint density at radius 1 is 1.08 bits per heavy atom. The van der Waals surface area contributed by atoms with Crippen molar-refractivity contribution in [1.29, 1.82) is 0 Å². The molecule has 3 N–H and O–H groups in total. The number of halogens is 1. The van der Waals surface area contributed by atoms with E-state index in [2.05, 4.69) is 10.3 Å². The molecule has 0 fully saturated rings. The predicted octanol–water partition coefficient (Wildman–Crippen LogP) is 3.59. The molecule has 3 aromatic carbocycles. The highest BCUT2D eigenvalue weighted by Gasteiger charge is 2.19. The topological polar surface area (TPSA) is 130 Å². The average Bonchev–Trinajstić information content (AvgIpc) is 2.87. The normalized spacial score (nSPS) is 11.8. The summed E-state index contributed by atoms with van der Waals surface area (Å²) >= 11 is 6.07. The molecule has 1 heterocycles. The van der Waals surface area contributed by atoms with Crippen molar-refractivity contribution in [2.45, 2.75) is 19.5 Å². The zero-order valence-corrected chi connectivity index (χ0v) is 20.1. The van der Waals surface area contributed by atoms with E-state index in [0.717, 1.165) is 10.1 Å². The smallest absolute Gasteiger partial charge is 0.337 e. The number of aromatic nitrogens is 2. The number of nitrogens with zero attached hydrogens (tertiary/aromatic N) is 1. The van der Waals surface area contributed by atoms with Crippen molar-refractivity contribution in [3.8, 4) is 5.75 Å². The van der Waals surface area contributed by atoms with Gasteiger partial charge in [-0.1, -0.05) is 29.8 Å². The second-order valence-corrected chi connectivity index (χ2v) is 8.52. The Labute approximate surface area is 209 Å². The summed E-state index contributed by atoms with van der Waals surface area (Å²) < 4.78 is 6.13. The number of methoxy groups -OCH3 is 1. The van der Waals surface area contributed by atoms with E-state index in [-0.39, 0.29) is 34.0 Å². The fourth-order valence-corrected chi connectivity index (χ4v) is 4.13. The lowest BCUT2D eigenvalue weighted by molar-refractivity contribution is 0.0696. The molecule has 9 nitrogen and oxygen atoms in total. The molecule has 0 spiro atoms. The number of carbonyl (C=O) groups excluding carboxylic acids is 1. The molecule has 0 radical (unpaired) electrons. The number of aromatic carboxylic acids is 1. The fourth-order valence-electron chi connectivity index (χ4n) is 3.86. The van der Waals surface area contributed by atoms with Gasteiger partial charge in [0.15, 0.2) is 0 Å². The third-order valence-electron chi connectivity index (χ3n) is 5.90. The minimum atomic E-state index is -1.18. The number of amides is 1. The molecule has 1 amide bonds.